The van der Waals surface area contributed by atoms with Crippen LogP contribution in [0.1, 0.15) is 49.0 Å². The normalized spacial score (nSPS) is 6.00. The van der Waals surface area contributed by atoms with Crippen molar-refractivity contribution in [1.29, 1.82) is 0 Å². The third-order valence-corrected chi connectivity index (χ3v) is 0.816. The van der Waals surface area contributed by atoms with Crippen LogP contribution < -0.4 is 0 Å². The minimum Gasteiger partial charge on any atom is -0.396 e. The van der Waals surface area contributed by atoms with Gasteiger partial charge in [0, 0.05) is 13.2 Å². The maximum absolute atomic E-state index is 8.21. The molecule has 0 aliphatic carbocycles. The van der Waals surface area contributed by atoms with Crippen LogP contribution >= 0.6 is 0 Å². The fraction of sp³-hybridized carbons (Fsp3) is 1.00. The van der Waals surface area contributed by atoms with E-state index in [1.807, 2.05) is 0 Å². The summed E-state index contributed by atoms with van der Waals surface area (Å²) in [6, 6.07) is 0. The Balaban J connectivity index is -0.0000000300. The quantitative estimate of drug-likeness (QED) is 0.634. The second-order valence-electron chi connectivity index (χ2n) is 1.51. The zero-order valence-corrected chi connectivity index (χ0v) is 4.43. The zero-order chi connectivity index (χ0) is 5.54. The van der Waals surface area contributed by atoms with Crippen molar-refractivity contribution in [3.05, 3.63) is 0 Å². The minimum absolute atomic E-state index is 0. The Hall–Kier alpha value is -0.0800. The summed E-state index contributed by atoms with van der Waals surface area (Å²) in [6.07, 6.45) is 2.58. The van der Waals surface area contributed by atoms with E-state index >= 15 is 0 Å². The first-order valence-corrected chi connectivity index (χ1v) is 2.63. The molecule has 2 N–H and O–H groups in total. The lowest BCUT2D eigenvalue weighted by Gasteiger charge is -1.90. The molecule has 0 spiro atoms. The van der Waals surface area contributed by atoms with E-state index < -0.39 is 0 Å². The molecule has 0 rings (SSSR count). The molecule has 0 saturated carbocycles. The molecule has 0 aliphatic rings. The highest BCUT2D eigenvalue weighted by atomic mass is 16.3. The van der Waals surface area contributed by atoms with Gasteiger partial charge in [-0.1, -0.05) is 29.7 Å². The molecule has 0 aliphatic heterocycles. The van der Waals surface area contributed by atoms with Gasteiger partial charge in [-0.25, -0.2) is 0 Å². The van der Waals surface area contributed by atoms with Gasteiger partial charge in [0.1, 0.15) is 0 Å². The van der Waals surface area contributed by atoms with Gasteiger partial charge < -0.3 is 10.2 Å². The van der Waals surface area contributed by atoms with Gasteiger partial charge >= 0.3 is 0 Å². The van der Waals surface area contributed by atoms with Crippen LogP contribution in [-0.2, 0) is 0 Å². The van der Waals surface area contributed by atoms with Crippen molar-refractivity contribution >= 4 is 0 Å². The molecule has 0 aromatic carbocycles. The Bertz CT molecular complexity index is 26.7. The molecule has 0 radical (unpaired) electrons. The summed E-state index contributed by atoms with van der Waals surface area (Å²) in [7, 11) is 0. The maximum atomic E-state index is 8.21. The van der Waals surface area contributed by atoms with E-state index in [4.69, 9.17) is 10.2 Å². The van der Waals surface area contributed by atoms with Crippen LogP contribution in [0.5, 0.6) is 0 Å². The standard InChI is InChI=1S/C5H12O2.4CH4/c6-4-2-1-3-5-7;;;;/h6-7H,1-5H2;4*1H4. The number of aliphatic hydroxyl groups excluding tert-OH is 2. The first-order chi connectivity index (χ1) is 3.41. The summed E-state index contributed by atoms with van der Waals surface area (Å²) in [5.41, 5.74) is 0. The Labute approximate surface area is 73.3 Å². The van der Waals surface area contributed by atoms with Gasteiger partial charge in [-0.15, -0.1) is 0 Å². The fourth-order valence-electron chi connectivity index (χ4n) is 0.400. The Morgan fingerprint density at radius 2 is 0.818 bits per heavy atom. The van der Waals surface area contributed by atoms with E-state index in [0.717, 1.165) is 19.3 Å². The Morgan fingerprint density at radius 3 is 1.00 bits per heavy atom. The van der Waals surface area contributed by atoms with Crippen molar-refractivity contribution in [2.24, 2.45) is 0 Å². The molecule has 0 atom stereocenters. The Kier molecular flexibility index (Phi) is 90.9. The first kappa shape index (κ1) is 30.7. The van der Waals surface area contributed by atoms with Gasteiger partial charge in [0.25, 0.3) is 0 Å². The van der Waals surface area contributed by atoms with Crippen molar-refractivity contribution in [1.82, 2.24) is 0 Å². The van der Waals surface area contributed by atoms with E-state index in [9.17, 15) is 0 Å². The highest BCUT2D eigenvalue weighted by Crippen LogP contribution is 1.90. The molecule has 0 fully saturated rings. The van der Waals surface area contributed by atoms with Crippen molar-refractivity contribution in [2.75, 3.05) is 13.2 Å². The van der Waals surface area contributed by atoms with Crippen molar-refractivity contribution in [3.63, 3.8) is 0 Å². The van der Waals surface area contributed by atoms with Gasteiger partial charge in [0.15, 0.2) is 0 Å². The largest absolute Gasteiger partial charge is 0.396 e. The average Bonchev–Trinajstić information content (AvgIpc) is 1.69. The van der Waals surface area contributed by atoms with E-state index in [2.05, 4.69) is 0 Å². The highest BCUT2D eigenvalue weighted by molar-refractivity contribution is 4.35. The van der Waals surface area contributed by atoms with Gasteiger partial charge in [-0.2, -0.15) is 0 Å². The topological polar surface area (TPSA) is 40.5 Å². The number of rotatable bonds is 4. The van der Waals surface area contributed by atoms with Gasteiger partial charge in [0.2, 0.25) is 0 Å². The number of unbranched alkanes of at least 4 members (excludes halogenated alkanes) is 2. The molecule has 0 saturated heterocycles. The van der Waals surface area contributed by atoms with Crippen LogP contribution in [-0.4, -0.2) is 23.4 Å². The second-order valence-corrected chi connectivity index (χ2v) is 1.51. The predicted octanol–water partition coefficient (Wildman–Crippen LogP) is 2.69. The molecule has 0 aromatic rings. The molecule has 0 aromatic heterocycles. The number of aliphatic hydroxyl groups is 2. The van der Waals surface area contributed by atoms with E-state index in [0.29, 0.717) is 0 Å². The summed E-state index contributed by atoms with van der Waals surface area (Å²) in [5, 5.41) is 16.4. The molecule has 0 bridgehead atoms. The molecule has 11 heavy (non-hydrogen) atoms. The highest BCUT2D eigenvalue weighted by Gasteiger charge is 1.81. The maximum Gasteiger partial charge on any atom is 0.0431 e. The van der Waals surface area contributed by atoms with Crippen molar-refractivity contribution in [2.45, 2.75) is 49.0 Å². The van der Waals surface area contributed by atoms with E-state index in [1.165, 1.54) is 0 Å². The predicted molar refractivity (Wildman–Crippen MR) is 54.9 cm³/mol. The summed E-state index contributed by atoms with van der Waals surface area (Å²) < 4.78 is 0. The van der Waals surface area contributed by atoms with Crippen molar-refractivity contribution in [3.8, 4) is 0 Å². The second kappa shape index (κ2) is 32.6. The van der Waals surface area contributed by atoms with Crippen LogP contribution in [0.2, 0.25) is 0 Å². The summed E-state index contributed by atoms with van der Waals surface area (Å²) in [5.74, 6) is 0. The molecule has 0 unspecified atom stereocenters. The van der Waals surface area contributed by atoms with Gasteiger partial charge in [-0.3, -0.25) is 0 Å². The Morgan fingerprint density at radius 1 is 0.545 bits per heavy atom. The van der Waals surface area contributed by atoms with Crippen molar-refractivity contribution < 1.29 is 10.2 Å². The third kappa shape index (κ3) is 40.5. The van der Waals surface area contributed by atoms with Crippen LogP contribution in [0.15, 0.2) is 0 Å². The molecule has 76 valence electrons. The van der Waals surface area contributed by atoms with Crippen LogP contribution in [0.3, 0.4) is 0 Å². The smallest absolute Gasteiger partial charge is 0.0431 e. The van der Waals surface area contributed by atoms with Crippen LogP contribution in [0.25, 0.3) is 0 Å². The monoisotopic (exact) mass is 168 g/mol. The third-order valence-electron chi connectivity index (χ3n) is 0.816. The first-order valence-electron chi connectivity index (χ1n) is 2.63. The number of hydrogen-bond acceptors (Lipinski definition) is 2. The SMILES string of the molecule is C.C.C.C.OCCCCCO. The molecule has 0 heterocycles. The number of hydrogen-bond donors (Lipinski definition) is 2. The minimum atomic E-state index is 0. The zero-order valence-electron chi connectivity index (χ0n) is 4.43. The molecular formula is C9H28O2. The lowest BCUT2D eigenvalue weighted by atomic mass is 10.2. The molecular weight excluding hydrogens is 140 g/mol. The van der Waals surface area contributed by atoms with E-state index in [1.54, 1.807) is 0 Å². The molecule has 0 amide bonds. The van der Waals surface area contributed by atoms with Crippen LogP contribution in [0.4, 0.5) is 0 Å². The summed E-state index contributed by atoms with van der Waals surface area (Å²) >= 11 is 0. The van der Waals surface area contributed by atoms with Gasteiger partial charge in [-0.05, 0) is 19.3 Å². The lowest BCUT2D eigenvalue weighted by molar-refractivity contribution is 0.257. The van der Waals surface area contributed by atoms with Gasteiger partial charge in [0.05, 0.1) is 0 Å². The summed E-state index contributed by atoms with van der Waals surface area (Å²) in [4.78, 5) is 0. The molecule has 2 nitrogen and oxygen atoms in total. The fourth-order valence-corrected chi connectivity index (χ4v) is 0.400. The van der Waals surface area contributed by atoms with Crippen LogP contribution in [0, 0.1) is 0 Å². The van der Waals surface area contributed by atoms with E-state index in [-0.39, 0.29) is 42.9 Å². The summed E-state index contributed by atoms with van der Waals surface area (Å²) in [6.45, 7) is 0.500. The average molecular weight is 168 g/mol. The molecule has 2 heteroatoms. The lowest BCUT2D eigenvalue weighted by Crippen LogP contribution is -1.85.